The van der Waals surface area contributed by atoms with Crippen molar-refractivity contribution in [3.8, 4) is 0 Å². The topological polar surface area (TPSA) is 74.8 Å². The summed E-state index contributed by atoms with van der Waals surface area (Å²) in [6, 6.07) is 6.16. The summed E-state index contributed by atoms with van der Waals surface area (Å²) in [5.74, 6) is 1.23. The van der Waals surface area contributed by atoms with E-state index in [1.165, 1.54) is 0 Å². The van der Waals surface area contributed by atoms with E-state index in [1.54, 1.807) is 0 Å². The molecule has 1 fully saturated rings. The third kappa shape index (κ3) is 4.87. The summed E-state index contributed by atoms with van der Waals surface area (Å²) in [6.07, 6.45) is 3.93. The maximum absolute atomic E-state index is 5.62. The van der Waals surface area contributed by atoms with Crippen molar-refractivity contribution < 1.29 is 4.42 Å². The molecule has 0 aliphatic carbocycles. The first-order valence-corrected chi connectivity index (χ1v) is 9.77. The highest BCUT2D eigenvalue weighted by molar-refractivity contribution is 5.78. The fraction of sp³-hybridized carbons (Fsp3) is 0.500. The second-order valence-corrected chi connectivity index (χ2v) is 8.88. The second-order valence-electron chi connectivity index (χ2n) is 8.88. The molecule has 1 aromatic heterocycles. The van der Waals surface area contributed by atoms with Crippen LogP contribution in [0.4, 0.5) is 0 Å². The molecule has 1 saturated heterocycles. The van der Waals surface area contributed by atoms with Gasteiger partial charge in [0, 0.05) is 29.6 Å². The average Bonchev–Trinajstić information content (AvgIpc) is 2.91. The Balaban J connectivity index is 1.69. The van der Waals surface area contributed by atoms with Gasteiger partial charge < -0.3 is 15.1 Å². The maximum Gasteiger partial charge on any atom is 0.192 e. The molecule has 0 radical (unpaired) electrons. The van der Waals surface area contributed by atoms with Gasteiger partial charge in [-0.3, -0.25) is 0 Å². The second kappa shape index (κ2) is 7.51. The molecule has 1 aliphatic heterocycles. The minimum atomic E-state index is 0.0654. The standard InChI is InChI=1S/C22H31N5O/c1-8-18(16-9-10-19-20(11-16)28-15(3)24-19)26-25-14(2)23-17-12-21(4,5)27-22(6,7)13-17/h8-11,17,23,27H,2,12-13H2,1,3-7H3/b18-8-,26-25?. The smallest absolute Gasteiger partial charge is 0.192 e. The lowest BCUT2D eigenvalue weighted by molar-refractivity contribution is 0.151. The highest BCUT2D eigenvalue weighted by Crippen LogP contribution is 2.29. The molecular weight excluding hydrogens is 350 g/mol. The Kier molecular flexibility index (Phi) is 5.44. The van der Waals surface area contributed by atoms with Crippen molar-refractivity contribution in [3.63, 3.8) is 0 Å². The lowest BCUT2D eigenvalue weighted by Crippen LogP contribution is -2.61. The van der Waals surface area contributed by atoms with Gasteiger partial charge in [-0.2, -0.15) is 0 Å². The predicted octanol–water partition coefficient (Wildman–Crippen LogP) is 5.32. The molecule has 6 nitrogen and oxygen atoms in total. The van der Waals surface area contributed by atoms with Crippen molar-refractivity contribution >= 4 is 16.8 Å². The van der Waals surface area contributed by atoms with Crippen molar-refractivity contribution in [2.45, 2.75) is 71.5 Å². The molecule has 0 atom stereocenters. The minimum absolute atomic E-state index is 0.0654. The third-order valence-electron chi connectivity index (χ3n) is 4.90. The molecule has 3 rings (SSSR count). The monoisotopic (exact) mass is 381 g/mol. The van der Waals surface area contributed by atoms with E-state index in [0.29, 0.717) is 17.8 Å². The minimum Gasteiger partial charge on any atom is -0.441 e. The Bertz CT molecular complexity index is 920. The van der Waals surface area contributed by atoms with Gasteiger partial charge >= 0.3 is 0 Å². The Morgan fingerprint density at radius 3 is 2.57 bits per heavy atom. The van der Waals surface area contributed by atoms with Crippen molar-refractivity contribution in [2.24, 2.45) is 10.2 Å². The number of fused-ring (bicyclic) bond motifs is 1. The summed E-state index contributed by atoms with van der Waals surface area (Å²) >= 11 is 0. The summed E-state index contributed by atoms with van der Waals surface area (Å²) in [6.45, 7) is 16.7. The highest BCUT2D eigenvalue weighted by Gasteiger charge is 2.37. The van der Waals surface area contributed by atoms with Gasteiger partial charge in [-0.1, -0.05) is 18.7 Å². The number of rotatable bonds is 5. The number of nitrogens with one attached hydrogen (secondary N) is 2. The zero-order chi connectivity index (χ0) is 20.5. The quantitative estimate of drug-likeness (QED) is 0.687. The summed E-state index contributed by atoms with van der Waals surface area (Å²) in [4.78, 5) is 4.33. The fourth-order valence-electron chi connectivity index (χ4n) is 4.28. The van der Waals surface area contributed by atoms with Crippen LogP contribution in [0.3, 0.4) is 0 Å². The lowest BCUT2D eigenvalue weighted by Gasteiger charge is -2.46. The number of hydrogen-bond acceptors (Lipinski definition) is 6. The average molecular weight is 382 g/mol. The number of azo groups is 1. The van der Waals surface area contributed by atoms with Crippen LogP contribution in [-0.4, -0.2) is 22.1 Å². The van der Waals surface area contributed by atoms with E-state index >= 15 is 0 Å². The zero-order valence-electron chi connectivity index (χ0n) is 17.8. The number of benzene rings is 1. The lowest BCUT2D eigenvalue weighted by atomic mass is 9.79. The van der Waals surface area contributed by atoms with Gasteiger partial charge in [0.05, 0.1) is 5.70 Å². The SMILES string of the molecule is C=C(N=N/C(=C\C)c1ccc2nc(C)oc2c1)NC1CC(C)(C)NC(C)(C)C1. The number of piperidine rings is 1. The first kappa shape index (κ1) is 20.3. The summed E-state index contributed by atoms with van der Waals surface area (Å²) in [5, 5.41) is 15.9. The molecule has 2 N–H and O–H groups in total. The van der Waals surface area contributed by atoms with Crippen LogP contribution < -0.4 is 10.6 Å². The molecule has 2 aromatic rings. The van der Waals surface area contributed by atoms with Crippen LogP contribution in [0.2, 0.25) is 0 Å². The Morgan fingerprint density at radius 1 is 1.25 bits per heavy atom. The van der Waals surface area contributed by atoms with Crippen LogP contribution in [-0.2, 0) is 0 Å². The molecule has 0 amide bonds. The number of aryl methyl sites for hydroxylation is 1. The number of nitrogens with zero attached hydrogens (tertiary/aromatic N) is 3. The third-order valence-corrected chi connectivity index (χ3v) is 4.90. The van der Waals surface area contributed by atoms with Crippen molar-refractivity contribution in [2.75, 3.05) is 0 Å². The first-order chi connectivity index (χ1) is 13.1. The van der Waals surface area contributed by atoms with E-state index < -0.39 is 0 Å². The van der Waals surface area contributed by atoms with Crippen LogP contribution in [0.1, 0.15) is 58.9 Å². The van der Waals surface area contributed by atoms with Gasteiger partial charge in [0.15, 0.2) is 11.5 Å². The molecular formula is C22H31N5O. The molecule has 28 heavy (non-hydrogen) atoms. The van der Waals surface area contributed by atoms with Crippen LogP contribution >= 0.6 is 0 Å². The van der Waals surface area contributed by atoms with Gasteiger partial charge in [0.25, 0.3) is 0 Å². The zero-order valence-corrected chi connectivity index (χ0v) is 17.8. The van der Waals surface area contributed by atoms with Gasteiger partial charge in [-0.15, -0.1) is 10.2 Å². The first-order valence-electron chi connectivity index (χ1n) is 9.77. The molecule has 0 spiro atoms. The van der Waals surface area contributed by atoms with E-state index in [4.69, 9.17) is 4.42 Å². The molecule has 0 saturated carbocycles. The van der Waals surface area contributed by atoms with Crippen molar-refractivity contribution in [1.82, 2.24) is 15.6 Å². The van der Waals surface area contributed by atoms with E-state index in [2.05, 4.69) is 60.1 Å². The summed E-state index contributed by atoms with van der Waals surface area (Å²) in [5.41, 5.74) is 3.43. The van der Waals surface area contributed by atoms with E-state index in [0.717, 1.165) is 35.2 Å². The summed E-state index contributed by atoms with van der Waals surface area (Å²) < 4.78 is 5.62. The number of aromatic nitrogens is 1. The van der Waals surface area contributed by atoms with E-state index in [1.807, 2.05) is 38.1 Å². The molecule has 1 aromatic carbocycles. The molecule has 2 heterocycles. The van der Waals surface area contributed by atoms with E-state index in [-0.39, 0.29) is 11.1 Å². The van der Waals surface area contributed by atoms with Gasteiger partial charge in [-0.05, 0) is 59.6 Å². The Hall–Kier alpha value is -2.47. The molecule has 0 unspecified atom stereocenters. The predicted molar refractivity (Wildman–Crippen MR) is 114 cm³/mol. The van der Waals surface area contributed by atoms with Crippen molar-refractivity contribution in [3.05, 3.63) is 48.1 Å². The number of hydrogen-bond donors (Lipinski definition) is 2. The molecule has 0 bridgehead atoms. The maximum atomic E-state index is 5.62. The molecule has 1 aliphatic rings. The number of allylic oxidation sites excluding steroid dienone is 1. The van der Waals surface area contributed by atoms with Crippen LogP contribution in [0, 0.1) is 6.92 Å². The van der Waals surface area contributed by atoms with Crippen LogP contribution in [0.5, 0.6) is 0 Å². The Morgan fingerprint density at radius 2 is 1.93 bits per heavy atom. The largest absolute Gasteiger partial charge is 0.441 e. The highest BCUT2D eigenvalue weighted by atomic mass is 16.3. The normalized spacial score (nSPS) is 20.0. The van der Waals surface area contributed by atoms with Crippen LogP contribution in [0.15, 0.2) is 51.3 Å². The molecule has 6 heteroatoms. The van der Waals surface area contributed by atoms with Gasteiger partial charge in [0.2, 0.25) is 0 Å². The fourth-order valence-corrected chi connectivity index (χ4v) is 4.28. The summed E-state index contributed by atoms with van der Waals surface area (Å²) in [7, 11) is 0. The van der Waals surface area contributed by atoms with E-state index in [9.17, 15) is 0 Å². The number of oxazole rings is 1. The van der Waals surface area contributed by atoms with Gasteiger partial charge in [-0.25, -0.2) is 4.98 Å². The Labute approximate surface area is 167 Å². The van der Waals surface area contributed by atoms with Crippen LogP contribution in [0.25, 0.3) is 16.8 Å². The van der Waals surface area contributed by atoms with Crippen molar-refractivity contribution in [1.29, 1.82) is 0 Å². The molecule has 150 valence electrons. The van der Waals surface area contributed by atoms with Gasteiger partial charge in [0.1, 0.15) is 11.3 Å².